The van der Waals surface area contributed by atoms with Crippen molar-refractivity contribution in [3.05, 3.63) is 0 Å². The summed E-state index contributed by atoms with van der Waals surface area (Å²) >= 11 is 4.26. The van der Waals surface area contributed by atoms with Crippen LogP contribution in [0.3, 0.4) is 0 Å². The minimum atomic E-state index is -1.43. The summed E-state index contributed by atoms with van der Waals surface area (Å²) in [5.74, 6) is -1.56. The number of hydrogen-bond acceptors (Lipinski definition) is 5. The molecule has 0 saturated carbocycles. The number of aliphatic carboxylic acids is 1. The Balaban J connectivity index is 3.88. The van der Waals surface area contributed by atoms with Gasteiger partial charge in [0, 0.05) is 18.6 Å². The number of nitrogens with one attached hydrogen (secondary N) is 1. The van der Waals surface area contributed by atoms with Crippen LogP contribution >= 0.6 is 12.6 Å². The molecule has 0 aliphatic heterocycles. The molecular weight excluding hydrogens is 582 g/mol. The first-order chi connectivity index (χ1) is 21.9. The van der Waals surface area contributed by atoms with E-state index in [9.17, 15) is 19.5 Å². The number of thiol groups is 1. The van der Waals surface area contributed by atoms with E-state index in [1.54, 1.807) is 0 Å². The van der Waals surface area contributed by atoms with Crippen molar-refractivity contribution in [3.63, 3.8) is 0 Å². The highest BCUT2D eigenvalue weighted by Gasteiger charge is 2.38. The van der Waals surface area contributed by atoms with Crippen molar-refractivity contribution in [1.82, 2.24) is 5.32 Å². The van der Waals surface area contributed by atoms with Crippen LogP contribution in [0.25, 0.3) is 0 Å². The number of carboxylic acids is 1. The monoisotopic (exact) mass is 656 g/mol. The molecule has 0 aromatic carbocycles. The Bertz CT molecular complexity index is 704. The van der Waals surface area contributed by atoms with Gasteiger partial charge in [0.25, 0.3) is 0 Å². The lowest BCUT2D eigenvalue weighted by Crippen LogP contribution is -2.56. The standard InChI is InChI=1S/C38H73NO5S/c1-3-5-7-9-11-13-15-17-19-21-23-25-27-30-35(40)39-38(34-45,37(42)43)32-29-33-44-36(41)31-28-26-24-22-20-18-16-14-12-10-8-6-4-2/h45H,3-34H2,1-2H3,(H,39,40)(H,42,43)/t38-/m0/s1. The first-order valence-corrected chi connectivity index (χ1v) is 19.9. The number of unbranched alkanes of at least 4 members (excludes halogenated alkanes) is 24. The van der Waals surface area contributed by atoms with Gasteiger partial charge in [-0.3, -0.25) is 9.59 Å². The van der Waals surface area contributed by atoms with Gasteiger partial charge in [0.2, 0.25) is 5.91 Å². The third kappa shape index (κ3) is 27.6. The largest absolute Gasteiger partial charge is 0.479 e. The molecule has 0 bridgehead atoms. The van der Waals surface area contributed by atoms with Gasteiger partial charge in [-0.05, 0) is 25.7 Å². The quantitative estimate of drug-likeness (QED) is 0.0359. The van der Waals surface area contributed by atoms with Crippen LogP contribution < -0.4 is 5.32 Å². The van der Waals surface area contributed by atoms with Crippen LogP contribution in [0.1, 0.15) is 206 Å². The molecule has 2 N–H and O–H groups in total. The molecule has 1 atom stereocenters. The number of amides is 1. The third-order valence-corrected chi connectivity index (χ3v) is 9.60. The molecule has 0 aromatic heterocycles. The maximum Gasteiger partial charge on any atom is 0.330 e. The van der Waals surface area contributed by atoms with E-state index >= 15 is 0 Å². The molecule has 0 aromatic rings. The van der Waals surface area contributed by atoms with Crippen molar-refractivity contribution in [1.29, 1.82) is 0 Å². The van der Waals surface area contributed by atoms with E-state index in [0.29, 0.717) is 19.3 Å². The minimum absolute atomic E-state index is 0.000414. The highest BCUT2D eigenvalue weighted by molar-refractivity contribution is 7.80. The van der Waals surface area contributed by atoms with Gasteiger partial charge >= 0.3 is 11.9 Å². The van der Waals surface area contributed by atoms with Crippen LogP contribution in [0.2, 0.25) is 0 Å². The van der Waals surface area contributed by atoms with E-state index in [2.05, 4.69) is 31.8 Å². The van der Waals surface area contributed by atoms with Gasteiger partial charge in [0.1, 0.15) is 5.54 Å². The normalized spacial score (nSPS) is 12.6. The first kappa shape index (κ1) is 43.8. The Morgan fingerprint density at radius 2 is 0.911 bits per heavy atom. The maximum absolute atomic E-state index is 12.6. The van der Waals surface area contributed by atoms with Gasteiger partial charge in [0.05, 0.1) is 6.61 Å². The Kier molecular flexibility index (Phi) is 31.8. The van der Waals surface area contributed by atoms with Crippen LogP contribution in [-0.4, -0.2) is 40.9 Å². The van der Waals surface area contributed by atoms with Gasteiger partial charge < -0.3 is 15.2 Å². The average molecular weight is 656 g/mol. The molecule has 0 spiro atoms. The van der Waals surface area contributed by atoms with Gasteiger partial charge in [-0.2, -0.15) is 12.6 Å². The summed E-state index contributed by atoms with van der Waals surface area (Å²) in [6.45, 7) is 4.67. The summed E-state index contributed by atoms with van der Waals surface area (Å²) in [4.78, 5) is 36.8. The fraction of sp³-hybridized carbons (Fsp3) is 0.921. The summed E-state index contributed by atoms with van der Waals surface area (Å²) in [6.07, 6.45) is 33.8. The number of carboxylic acid groups (broad SMARTS) is 1. The van der Waals surface area contributed by atoms with Gasteiger partial charge in [-0.15, -0.1) is 0 Å². The van der Waals surface area contributed by atoms with E-state index in [1.165, 1.54) is 128 Å². The second-order valence-electron chi connectivity index (χ2n) is 13.4. The Hall–Kier alpha value is -1.24. The second kappa shape index (κ2) is 32.7. The number of carbonyl (C=O) groups excluding carboxylic acids is 2. The molecule has 0 fully saturated rings. The molecule has 0 saturated heterocycles. The Morgan fingerprint density at radius 3 is 1.27 bits per heavy atom. The van der Waals surface area contributed by atoms with E-state index in [-0.39, 0.29) is 30.7 Å². The summed E-state index contributed by atoms with van der Waals surface area (Å²) in [5, 5.41) is 12.6. The zero-order valence-electron chi connectivity index (χ0n) is 29.7. The highest BCUT2D eigenvalue weighted by Crippen LogP contribution is 2.18. The zero-order valence-corrected chi connectivity index (χ0v) is 30.5. The summed E-state index contributed by atoms with van der Waals surface area (Å²) < 4.78 is 5.36. The van der Waals surface area contributed by atoms with Crippen LogP contribution in [0, 0.1) is 0 Å². The van der Waals surface area contributed by atoms with E-state index in [0.717, 1.165) is 38.5 Å². The van der Waals surface area contributed by atoms with Crippen LogP contribution in [0.5, 0.6) is 0 Å². The molecule has 0 rings (SSSR count). The third-order valence-electron chi connectivity index (χ3n) is 9.06. The van der Waals surface area contributed by atoms with E-state index < -0.39 is 11.5 Å². The first-order valence-electron chi connectivity index (χ1n) is 19.2. The topological polar surface area (TPSA) is 92.7 Å². The van der Waals surface area contributed by atoms with Crippen molar-refractivity contribution >= 4 is 30.5 Å². The van der Waals surface area contributed by atoms with Gasteiger partial charge in [-0.1, -0.05) is 168 Å². The SMILES string of the molecule is CCCCCCCCCCCCCCCC(=O)N[C@](CS)(CCCOC(=O)CCCCCCCCCCCCCCC)C(=O)O. The van der Waals surface area contributed by atoms with E-state index in [1.807, 2.05) is 0 Å². The van der Waals surface area contributed by atoms with Crippen molar-refractivity contribution in [2.45, 2.75) is 212 Å². The lowest BCUT2D eigenvalue weighted by molar-refractivity contribution is -0.147. The molecule has 1 amide bonds. The lowest BCUT2D eigenvalue weighted by Gasteiger charge is -2.29. The molecule has 0 aliphatic rings. The van der Waals surface area contributed by atoms with Gasteiger partial charge in [-0.25, -0.2) is 4.79 Å². The Morgan fingerprint density at radius 1 is 0.556 bits per heavy atom. The number of esters is 1. The number of ether oxygens (including phenoxy) is 1. The summed E-state index contributed by atoms with van der Waals surface area (Å²) in [7, 11) is 0. The predicted octanol–water partition coefficient (Wildman–Crippen LogP) is 11.1. The zero-order chi connectivity index (χ0) is 33.3. The second-order valence-corrected chi connectivity index (χ2v) is 13.7. The van der Waals surface area contributed by atoms with Crippen molar-refractivity contribution < 1.29 is 24.2 Å². The van der Waals surface area contributed by atoms with Gasteiger partial charge in [0.15, 0.2) is 0 Å². The van der Waals surface area contributed by atoms with E-state index in [4.69, 9.17) is 4.74 Å². The summed E-state index contributed by atoms with van der Waals surface area (Å²) in [5.41, 5.74) is -1.43. The molecule has 266 valence electrons. The lowest BCUT2D eigenvalue weighted by atomic mass is 9.95. The predicted molar refractivity (Wildman–Crippen MR) is 193 cm³/mol. The van der Waals surface area contributed by atoms with Crippen LogP contribution in [0.4, 0.5) is 0 Å². The summed E-state index contributed by atoms with van der Waals surface area (Å²) in [6, 6.07) is 0. The van der Waals surface area contributed by atoms with Crippen molar-refractivity contribution in [3.8, 4) is 0 Å². The molecule has 6 nitrogen and oxygen atoms in total. The molecule has 0 aliphatic carbocycles. The Labute approximate surface area is 283 Å². The molecule has 0 unspecified atom stereocenters. The van der Waals surface area contributed by atoms with Crippen molar-refractivity contribution in [2.75, 3.05) is 12.4 Å². The fourth-order valence-electron chi connectivity index (χ4n) is 5.96. The number of hydrogen-bond donors (Lipinski definition) is 3. The van der Waals surface area contributed by atoms with Crippen molar-refractivity contribution in [2.24, 2.45) is 0 Å². The fourth-order valence-corrected chi connectivity index (χ4v) is 6.33. The highest BCUT2D eigenvalue weighted by atomic mass is 32.1. The number of carbonyl (C=O) groups is 3. The van der Waals surface area contributed by atoms with Crippen LogP contribution in [-0.2, 0) is 19.1 Å². The smallest absolute Gasteiger partial charge is 0.330 e. The van der Waals surface area contributed by atoms with Crippen LogP contribution in [0.15, 0.2) is 0 Å². The molecule has 0 heterocycles. The number of rotatable bonds is 35. The molecule has 45 heavy (non-hydrogen) atoms. The maximum atomic E-state index is 12.6. The molecular formula is C38H73NO5S. The molecule has 7 heteroatoms. The minimum Gasteiger partial charge on any atom is -0.479 e. The molecule has 0 radical (unpaired) electrons. The average Bonchev–Trinajstić information content (AvgIpc) is 3.03.